The van der Waals surface area contributed by atoms with Crippen LogP contribution < -0.4 is 10.6 Å². The molecule has 0 heterocycles. The highest BCUT2D eigenvalue weighted by atomic mass is 16.2. The second-order valence-corrected chi connectivity index (χ2v) is 6.15. The molecule has 3 amide bonds. The van der Waals surface area contributed by atoms with E-state index in [1.807, 2.05) is 26.0 Å². The highest BCUT2D eigenvalue weighted by Crippen LogP contribution is 2.11. The van der Waals surface area contributed by atoms with Gasteiger partial charge in [-0.25, -0.2) is 0 Å². The molecule has 0 spiro atoms. The van der Waals surface area contributed by atoms with E-state index in [0.717, 1.165) is 5.56 Å². The molecule has 0 aliphatic rings. The van der Waals surface area contributed by atoms with Gasteiger partial charge in [0, 0.05) is 38.2 Å². The number of rotatable bonds is 9. The summed E-state index contributed by atoms with van der Waals surface area (Å²) in [7, 11) is 1.73. The molecule has 136 valence electrons. The van der Waals surface area contributed by atoms with Gasteiger partial charge in [0.15, 0.2) is 0 Å². The lowest BCUT2D eigenvalue weighted by atomic mass is 10.1. The molecule has 0 atom stereocenters. The summed E-state index contributed by atoms with van der Waals surface area (Å²) in [6, 6.07) is 7.36. The molecule has 0 saturated carbocycles. The van der Waals surface area contributed by atoms with Crippen LogP contribution in [-0.2, 0) is 20.8 Å². The number of amides is 3. The van der Waals surface area contributed by atoms with Crippen LogP contribution in [0.1, 0.15) is 25.8 Å². The maximum absolute atomic E-state index is 12.1. The number of hydrogen-bond donors (Lipinski definition) is 2. The van der Waals surface area contributed by atoms with Crippen molar-refractivity contribution >= 4 is 23.4 Å². The van der Waals surface area contributed by atoms with Crippen LogP contribution in [0.4, 0.5) is 5.69 Å². The zero-order chi connectivity index (χ0) is 18.8. The molecule has 0 fully saturated rings. The third kappa shape index (κ3) is 7.65. The quantitative estimate of drug-likeness (QED) is 0.672. The zero-order valence-electron chi connectivity index (χ0n) is 15.2. The van der Waals surface area contributed by atoms with Crippen LogP contribution in [0.15, 0.2) is 36.9 Å². The summed E-state index contributed by atoms with van der Waals surface area (Å²) in [5.41, 5.74) is 1.71. The maximum atomic E-state index is 12.1. The van der Waals surface area contributed by atoms with Gasteiger partial charge in [0.05, 0.1) is 0 Å². The first-order chi connectivity index (χ1) is 11.8. The SMILES string of the molecule is C=CC(=O)Nc1ccc(CCC(=O)N(C)CCNC(=O)C(C)C)cc1. The Morgan fingerprint density at radius 2 is 1.84 bits per heavy atom. The molecule has 6 nitrogen and oxygen atoms in total. The Bertz CT molecular complexity index is 609. The number of nitrogens with zero attached hydrogens (tertiary/aromatic N) is 1. The van der Waals surface area contributed by atoms with Gasteiger partial charge in [-0.3, -0.25) is 14.4 Å². The number of nitrogens with one attached hydrogen (secondary N) is 2. The fourth-order valence-corrected chi connectivity index (χ4v) is 2.07. The van der Waals surface area contributed by atoms with Crippen LogP contribution in [0.3, 0.4) is 0 Å². The summed E-state index contributed by atoms with van der Waals surface area (Å²) >= 11 is 0. The van der Waals surface area contributed by atoms with Crippen LogP contribution in [-0.4, -0.2) is 42.8 Å². The molecule has 0 aliphatic carbocycles. The minimum absolute atomic E-state index is 0.00974. The van der Waals surface area contributed by atoms with E-state index in [-0.39, 0.29) is 23.6 Å². The largest absolute Gasteiger partial charge is 0.354 e. The Balaban J connectivity index is 2.36. The van der Waals surface area contributed by atoms with Crippen molar-refractivity contribution in [1.29, 1.82) is 0 Å². The predicted octanol–water partition coefficient (Wildman–Crippen LogP) is 1.97. The summed E-state index contributed by atoms with van der Waals surface area (Å²) in [4.78, 5) is 36.4. The van der Waals surface area contributed by atoms with Crippen molar-refractivity contribution in [3.05, 3.63) is 42.5 Å². The highest BCUT2D eigenvalue weighted by molar-refractivity contribution is 5.98. The standard InChI is InChI=1S/C19H27N3O3/c1-5-17(23)21-16-9-6-15(7-10-16)8-11-18(24)22(4)13-12-20-19(25)14(2)3/h5-7,9-10,14H,1,8,11-13H2,2-4H3,(H,20,25)(H,21,23). The van der Waals surface area contributed by atoms with E-state index in [0.29, 0.717) is 31.6 Å². The lowest BCUT2D eigenvalue weighted by molar-refractivity contribution is -0.130. The van der Waals surface area contributed by atoms with Gasteiger partial charge < -0.3 is 15.5 Å². The second-order valence-electron chi connectivity index (χ2n) is 6.15. The maximum Gasteiger partial charge on any atom is 0.247 e. The molecule has 0 saturated heterocycles. The Kier molecular flexibility index (Phi) is 8.39. The molecule has 0 bridgehead atoms. The Hall–Kier alpha value is -2.63. The summed E-state index contributed by atoms with van der Waals surface area (Å²) in [5.74, 6) is -0.290. The third-order valence-electron chi connectivity index (χ3n) is 3.73. The number of benzene rings is 1. The van der Waals surface area contributed by atoms with Crippen LogP contribution in [0, 0.1) is 5.92 Å². The van der Waals surface area contributed by atoms with Gasteiger partial charge in [-0.2, -0.15) is 0 Å². The molecule has 6 heteroatoms. The molecule has 1 aromatic rings. The lowest BCUT2D eigenvalue weighted by Gasteiger charge is -2.18. The molecule has 0 aromatic heterocycles. The molecular weight excluding hydrogens is 318 g/mol. The summed E-state index contributed by atoms with van der Waals surface area (Å²) in [5, 5.41) is 5.47. The molecule has 0 aliphatic heterocycles. The number of aryl methyl sites for hydroxylation is 1. The number of hydrogen-bond acceptors (Lipinski definition) is 3. The number of carbonyl (C=O) groups is 3. The van der Waals surface area contributed by atoms with Crippen molar-refractivity contribution in [2.24, 2.45) is 5.92 Å². The first kappa shape index (κ1) is 20.4. The van der Waals surface area contributed by atoms with Crippen molar-refractivity contribution in [1.82, 2.24) is 10.2 Å². The minimum atomic E-state index is -0.255. The van der Waals surface area contributed by atoms with Gasteiger partial charge in [-0.1, -0.05) is 32.6 Å². The summed E-state index contributed by atoms with van der Waals surface area (Å²) in [6.07, 6.45) is 2.23. The van der Waals surface area contributed by atoms with Crippen molar-refractivity contribution in [2.75, 3.05) is 25.5 Å². The van der Waals surface area contributed by atoms with Crippen LogP contribution in [0.5, 0.6) is 0 Å². The summed E-state index contributed by atoms with van der Waals surface area (Å²) < 4.78 is 0. The number of likely N-dealkylation sites (N-methyl/N-ethyl adjacent to an activating group) is 1. The van der Waals surface area contributed by atoms with E-state index in [4.69, 9.17) is 0 Å². The topological polar surface area (TPSA) is 78.5 Å². The van der Waals surface area contributed by atoms with E-state index in [1.54, 1.807) is 24.1 Å². The van der Waals surface area contributed by atoms with Gasteiger partial charge in [0.1, 0.15) is 0 Å². The van der Waals surface area contributed by atoms with Crippen LogP contribution in [0.2, 0.25) is 0 Å². The third-order valence-corrected chi connectivity index (χ3v) is 3.73. The molecular formula is C19H27N3O3. The zero-order valence-corrected chi connectivity index (χ0v) is 15.2. The van der Waals surface area contributed by atoms with Gasteiger partial charge >= 0.3 is 0 Å². The van der Waals surface area contributed by atoms with E-state index >= 15 is 0 Å². The fourth-order valence-electron chi connectivity index (χ4n) is 2.07. The molecule has 1 aromatic carbocycles. The first-order valence-electron chi connectivity index (χ1n) is 8.37. The Morgan fingerprint density at radius 3 is 2.40 bits per heavy atom. The van der Waals surface area contributed by atoms with E-state index in [1.165, 1.54) is 6.08 Å². The number of anilines is 1. The Labute approximate surface area is 149 Å². The highest BCUT2D eigenvalue weighted by Gasteiger charge is 2.10. The molecule has 0 radical (unpaired) electrons. The summed E-state index contributed by atoms with van der Waals surface area (Å²) in [6.45, 7) is 8.01. The van der Waals surface area contributed by atoms with E-state index < -0.39 is 0 Å². The minimum Gasteiger partial charge on any atom is -0.354 e. The fraction of sp³-hybridized carbons (Fsp3) is 0.421. The smallest absolute Gasteiger partial charge is 0.247 e. The van der Waals surface area contributed by atoms with E-state index in [2.05, 4.69) is 17.2 Å². The molecule has 1 rings (SSSR count). The molecule has 2 N–H and O–H groups in total. The van der Waals surface area contributed by atoms with Crippen LogP contribution >= 0.6 is 0 Å². The average Bonchev–Trinajstić information content (AvgIpc) is 2.60. The van der Waals surface area contributed by atoms with Crippen molar-refractivity contribution in [3.8, 4) is 0 Å². The van der Waals surface area contributed by atoms with E-state index in [9.17, 15) is 14.4 Å². The normalized spacial score (nSPS) is 10.2. The van der Waals surface area contributed by atoms with Gasteiger partial charge in [-0.15, -0.1) is 0 Å². The van der Waals surface area contributed by atoms with Gasteiger partial charge in [0.25, 0.3) is 0 Å². The Morgan fingerprint density at radius 1 is 1.20 bits per heavy atom. The van der Waals surface area contributed by atoms with Crippen molar-refractivity contribution < 1.29 is 14.4 Å². The molecule has 0 unspecified atom stereocenters. The van der Waals surface area contributed by atoms with Crippen LogP contribution in [0.25, 0.3) is 0 Å². The van der Waals surface area contributed by atoms with Gasteiger partial charge in [-0.05, 0) is 30.2 Å². The second kappa shape index (κ2) is 10.3. The van der Waals surface area contributed by atoms with Gasteiger partial charge in [0.2, 0.25) is 17.7 Å². The van der Waals surface area contributed by atoms with Crippen molar-refractivity contribution in [2.45, 2.75) is 26.7 Å². The predicted molar refractivity (Wildman–Crippen MR) is 99.1 cm³/mol. The molecule has 25 heavy (non-hydrogen) atoms. The first-order valence-corrected chi connectivity index (χ1v) is 8.37. The monoisotopic (exact) mass is 345 g/mol. The lowest BCUT2D eigenvalue weighted by Crippen LogP contribution is -2.37. The number of carbonyl (C=O) groups excluding carboxylic acids is 3. The van der Waals surface area contributed by atoms with Crippen molar-refractivity contribution in [3.63, 3.8) is 0 Å². The average molecular weight is 345 g/mol.